The maximum absolute atomic E-state index is 11.7. The van der Waals surface area contributed by atoms with Crippen LogP contribution in [0, 0.1) is 0 Å². The minimum Gasteiger partial charge on any atom is -0.478 e. The summed E-state index contributed by atoms with van der Waals surface area (Å²) in [5.74, 6) is -0.482. The summed E-state index contributed by atoms with van der Waals surface area (Å²) in [5, 5.41) is 21.0. The Kier molecular flexibility index (Phi) is 5.04. The summed E-state index contributed by atoms with van der Waals surface area (Å²) >= 11 is 1.13. The van der Waals surface area contributed by atoms with Crippen LogP contribution in [0.3, 0.4) is 0 Å². The summed E-state index contributed by atoms with van der Waals surface area (Å²) in [6, 6.07) is 9.73. The Morgan fingerprint density at radius 1 is 1.31 bits per heavy atom. The average molecular weight is 371 g/mol. The molecule has 0 aliphatic rings. The second-order valence-corrected chi connectivity index (χ2v) is 6.19. The maximum atomic E-state index is 11.7. The van der Waals surface area contributed by atoms with E-state index in [1.807, 2.05) is 0 Å². The highest BCUT2D eigenvalue weighted by atomic mass is 32.1. The fourth-order valence-electron chi connectivity index (χ4n) is 2.07. The van der Waals surface area contributed by atoms with Crippen molar-refractivity contribution in [3.63, 3.8) is 0 Å². The van der Waals surface area contributed by atoms with E-state index < -0.39 is 5.97 Å². The number of carboxylic acid groups (broad SMARTS) is 1. The Labute approximate surface area is 151 Å². The molecule has 0 radical (unpaired) electrons. The molecule has 2 aromatic heterocycles. The van der Waals surface area contributed by atoms with Crippen molar-refractivity contribution < 1.29 is 19.1 Å². The monoisotopic (exact) mass is 371 g/mol. The van der Waals surface area contributed by atoms with Gasteiger partial charge in [0.2, 0.25) is 11.0 Å². The number of amides is 1. The van der Waals surface area contributed by atoms with E-state index in [0.717, 1.165) is 11.3 Å². The van der Waals surface area contributed by atoms with Gasteiger partial charge in [0, 0.05) is 5.56 Å². The van der Waals surface area contributed by atoms with Crippen molar-refractivity contribution in [3.05, 3.63) is 52.7 Å². The lowest BCUT2D eigenvalue weighted by atomic mass is 10.1. The van der Waals surface area contributed by atoms with Gasteiger partial charge in [0.1, 0.15) is 16.5 Å². The number of aromatic nitrogens is 2. The van der Waals surface area contributed by atoms with Crippen LogP contribution in [0.15, 0.2) is 45.9 Å². The predicted octanol–water partition coefficient (Wildman–Crippen LogP) is 1.77. The second-order valence-electron chi connectivity index (χ2n) is 5.09. The zero-order valence-electron chi connectivity index (χ0n) is 13.2. The molecule has 1 amide bonds. The van der Waals surface area contributed by atoms with Gasteiger partial charge < -0.3 is 15.3 Å². The van der Waals surface area contributed by atoms with E-state index in [1.54, 1.807) is 24.3 Å². The summed E-state index contributed by atoms with van der Waals surface area (Å²) < 4.78 is 5.58. The third-order valence-electron chi connectivity index (χ3n) is 3.20. The molecule has 2 heterocycles. The third kappa shape index (κ3) is 4.30. The molecule has 3 aromatic rings. The van der Waals surface area contributed by atoms with E-state index >= 15 is 0 Å². The van der Waals surface area contributed by atoms with Crippen molar-refractivity contribution in [2.75, 3.05) is 5.73 Å². The van der Waals surface area contributed by atoms with E-state index in [9.17, 15) is 9.59 Å². The topological polar surface area (TPSA) is 144 Å². The number of nitrogens with one attached hydrogen (secondary N) is 1. The van der Waals surface area contributed by atoms with Gasteiger partial charge in [-0.25, -0.2) is 10.2 Å². The lowest BCUT2D eigenvalue weighted by molar-refractivity contribution is -0.120. The standard InChI is InChI=1S/C16H13N5O4S/c17-16-21-20-14(26-16)7-13(22)19-18-8-11-4-5-12(25-11)9-2-1-3-10(6-9)15(23)24/h1-6,8H,7H2,(H2,17,21)(H,19,22)(H,23,24)/b18-8-. The van der Waals surface area contributed by atoms with Crippen LogP contribution in [0.2, 0.25) is 0 Å². The Hall–Kier alpha value is -3.53. The summed E-state index contributed by atoms with van der Waals surface area (Å²) in [6.45, 7) is 0. The van der Waals surface area contributed by atoms with Crippen LogP contribution in [-0.2, 0) is 11.2 Å². The molecule has 0 fully saturated rings. The van der Waals surface area contributed by atoms with Crippen molar-refractivity contribution in [1.82, 2.24) is 15.6 Å². The van der Waals surface area contributed by atoms with Gasteiger partial charge in [0.05, 0.1) is 18.2 Å². The van der Waals surface area contributed by atoms with Crippen LogP contribution >= 0.6 is 11.3 Å². The van der Waals surface area contributed by atoms with Crippen molar-refractivity contribution >= 4 is 34.6 Å². The molecule has 0 saturated carbocycles. The van der Waals surface area contributed by atoms with Crippen LogP contribution in [0.5, 0.6) is 0 Å². The highest BCUT2D eigenvalue weighted by molar-refractivity contribution is 7.15. The van der Waals surface area contributed by atoms with Gasteiger partial charge in [0.25, 0.3) is 0 Å². The maximum Gasteiger partial charge on any atom is 0.335 e. The van der Waals surface area contributed by atoms with E-state index in [0.29, 0.717) is 27.2 Å². The predicted molar refractivity (Wildman–Crippen MR) is 94.9 cm³/mol. The van der Waals surface area contributed by atoms with Gasteiger partial charge in [-0.2, -0.15) is 5.10 Å². The number of benzene rings is 1. The minimum absolute atomic E-state index is 0.0254. The zero-order valence-corrected chi connectivity index (χ0v) is 14.1. The number of hydrogen-bond donors (Lipinski definition) is 3. The molecule has 1 aromatic carbocycles. The highest BCUT2D eigenvalue weighted by Gasteiger charge is 2.09. The molecule has 132 valence electrons. The fourth-order valence-corrected chi connectivity index (χ4v) is 2.67. The number of furan rings is 1. The number of aromatic carboxylic acids is 1. The number of hydrogen-bond acceptors (Lipinski definition) is 8. The molecule has 26 heavy (non-hydrogen) atoms. The lowest BCUT2D eigenvalue weighted by Gasteiger charge is -1.99. The Morgan fingerprint density at radius 2 is 2.15 bits per heavy atom. The molecule has 0 unspecified atom stereocenters. The number of carbonyl (C=O) groups is 2. The number of nitrogens with zero attached hydrogens (tertiary/aromatic N) is 3. The first-order chi connectivity index (χ1) is 12.5. The summed E-state index contributed by atoms with van der Waals surface area (Å²) in [4.78, 5) is 22.7. The molecule has 0 atom stereocenters. The molecule has 4 N–H and O–H groups in total. The molecule has 0 saturated heterocycles. The second kappa shape index (κ2) is 7.57. The van der Waals surface area contributed by atoms with Crippen molar-refractivity contribution in [1.29, 1.82) is 0 Å². The molecule has 10 heteroatoms. The third-order valence-corrected chi connectivity index (χ3v) is 3.95. The lowest BCUT2D eigenvalue weighted by Crippen LogP contribution is -2.19. The first-order valence-electron chi connectivity index (χ1n) is 7.34. The van der Waals surface area contributed by atoms with Crippen LogP contribution in [-0.4, -0.2) is 33.4 Å². The number of nitrogen functional groups attached to an aromatic ring is 1. The van der Waals surface area contributed by atoms with Gasteiger partial charge in [-0.1, -0.05) is 23.5 Å². The van der Waals surface area contributed by atoms with Gasteiger partial charge in [-0.3, -0.25) is 4.79 Å². The first kappa shape index (κ1) is 17.3. The van der Waals surface area contributed by atoms with Gasteiger partial charge in [-0.05, 0) is 24.3 Å². The van der Waals surface area contributed by atoms with E-state index in [-0.39, 0.29) is 17.9 Å². The largest absolute Gasteiger partial charge is 0.478 e. The Balaban J connectivity index is 1.61. The molecule has 0 aliphatic heterocycles. The molecular weight excluding hydrogens is 358 g/mol. The van der Waals surface area contributed by atoms with Crippen LogP contribution in [0.1, 0.15) is 21.1 Å². The summed E-state index contributed by atoms with van der Waals surface area (Å²) in [7, 11) is 0. The number of carboxylic acids is 1. The smallest absolute Gasteiger partial charge is 0.335 e. The Morgan fingerprint density at radius 3 is 2.88 bits per heavy atom. The number of carbonyl (C=O) groups excluding carboxylic acids is 1. The van der Waals surface area contributed by atoms with Crippen molar-refractivity contribution in [2.45, 2.75) is 6.42 Å². The fraction of sp³-hybridized carbons (Fsp3) is 0.0625. The van der Waals surface area contributed by atoms with Gasteiger partial charge >= 0.3 is 5.97 Å². The van der Waals surface area contributed by atoms with Gasteiger partial charge in [-0.15, -0.1) is 10.2 Å². The molecule has 9 nitrogen and oxygen atoms in total. The normalized spacial score (nSPS) is 10.9. The van der Waals surface area contributed by atoms with Crippen molar-refractivity contribution in [3.8, 4) is 11.3 Å². The van der Waals surface area contributed by atoms with Crippen molar-refractivity contribution in [2.24, 2.45) is 5.10 Å². The first-order valence-corrected chi connectivity index (χ1v) is 8.16. The Bertz CT molecular complexity index is 978. The van der Waals surface area contributed by atoms with Crippen LogP contribution in [0.4, 0.5) is 5.13 Å². The molecule has 3 rings (SSSR count). The summed E-state index contributed by atoms with van der Waals surface area (Å²) in [6.07, 6.45) is 1.37. The van der Waals surface area contributed by atoms with Gasteiger partial charge in [0.15, 0.2) is 0 Å². The molecule has 0 spiro atoms. The quantitative estimate of drug-likeness (QED) is 0.442. The number of hydrazone groups is 1. The van der Waals surface area contributed by atoms with E-state index in [4.69, 9.17) is 15.3 Å². The zero-order chi connectivity index (χ0) is 18.5. The van der Waals surface area contributed by atoms with Crippen LogP contribution in [0.25, 0.3) is 11.3 Å². The minimum atomic E-state index is -1.01. The summed E-state index contributed by atoms with van der Waals surface area (Å²) in [5.41, 5.74) is 8.59. The average Bonchev–Trinajstić information content (AvgIpc) is 3.24. The number of nitrogens with two attached hydrogens (primary N) is 1. The number of anilines is 1. The highest BCUT2D eigenvalue weighted by Crippen LogP contribution is 2.22. The van der Waals surface area contributed by atoms with Crippen LogP contribution < -0.4 is 11.2 Å². The van der Waals surface area contributed by atoms with E-state index in [1.165, 1.54) is 18.3 Å². The number of rotatable bonds is 6. The SMILES string of the molecule is Nc1nnc(CC(=O)N/N=C\c2ccc(-c3cccc(C(=O)O)c3)o2)s1. The molecule has 0 aliphatic carbocycles. The molecule has 0 bridgehead atoms. The molecular formula is C16H13N5O4S. The van der Waals surface area contributed by atoms with E-state index in [2.05, 4.69) is 20.7 Å².